The van der Waals surface area contributed by atoms with Gasteiger partial charge >= 0.3 is 5.97 Å². The van der Waals surface area contributed by atoms with Gasteiger partial charge in [-0.05, 0) is 5.39 Å². The molecule has 0 amide bonds. The molecule has 3 nitrogen and oxygen atoms in total. The highest BCUT2D eigenvalue weighted by Crippen LogP contribution is 2.18. The van der Waals surface area contributed by atoms with Crippen molar-refractivity contribution in [1.29, 1.82) is 0 Å². The first-order valence-corrected chi connectivity index (χ1v) is 4.98. The number of hydrogen-bond donors (Lipinski definition) is 1. The summed E-state index contributed by atoms with van der Waals surface area (Å²) in [6, 6.07) is 7.89. The number of hydrogen-bond acceptors (Lipinski definition) is 2. The van der Waals surface area contributed by atoms with Crippen molar-refractivity contribution in [2.75, 3.05) is 0 Å². The Morgan fingerprint density at radius 3 is 2.94 bits per heavy atom. The summed E-state index contributed by atoms with van der Waals surface area (Å²) in [5.41, 5.74) is 0.944. The highest BCUT2D eigenvalue weighted by Gasteiger charge is 1.97. The van der Waals surface area contributed by atoms with Crippen molar-refractivity contribution in [3.05, 3.63) is 48.3 Å². The van der Waals surface area contributed by atoms with Crippen LogP contribution in [-0.2, 0) is 4.79 Å². The first kappa shape index (κ1) is 10.4. The summed E-state index contributed by atoms with van der Waals surface area (Å²) in [7, 11) is 0. The molecule has 2 rings (SSSR count). The fourth-order valence-corrected chi connectivity index (χ4v) is 1.56. The summed E-state index contributed by atoms with van der Waals surface area (Å²) in [6.45, 7) is 0. The Labute approximate surface area is 93.1 Å². The van der Waals surface area contributed by atoms with Crippen molar-refractivity contribution >= 4 is 22.8 Å². The van der Waals surface area contributed by atoms with E-state index in [1.807, 2.05) is 24.3 Å². The Balaban J connectivity index is 2.37. The molecule has 0 saturated heterocycles. The average Bonchev–Trinajstić information content (AvgIpc) is 2.29. The molecule has 0 aliphatic rings. The van der Waals surface area contributed by atoms with Crippen LogP contribution in [-0.4, -0.2) is 16.1 Å². The second-order valence-corrected chi connectivity index (χ2v) is 3.45. The SMILES string of the molecule is O=C(O)CC=Cc1cncc2ccccc12. The molecule has 80 valence electrons. The minimum Gasteiger partial charge on any atom is -0.481 e. The van der Waals surface area contributed by atoms with Crippen LogP contribution in [0.3, 0.4) is 0 Å². The summed E-state index contributed by atoms with van der Waals surface area (Å²) in [5, 5.41) is 10.7. The van der Waals surface area contributed by atoms with Crippen LogP contribution in [0.5, 0.6) is 0 Å². The number of carboxylic acids is 1. The molecular formula is C13H11NO2. The fraction of sp³-hybridized carbons (Fsp3) is 0.0769. The van der Waals surface area contributed by atoms with E-state index in [2.05, 4.69) is 4.98 Å². The van der Waals surface area contributed by atoms with Crippen molar-refractivity contribution in [3.8, 4) is 0 Å². The van der Waals surface area contributed by atoms with Gasteiger partial charge in [0.25, 0.3) is 0 Å². The van der Waals surface area contributed by atoms with Crippen LogP contribution in [0.1, 0.15) is 12.0 Å². The van der Waals surface area contributed by atoms with Crippen LogP contribution in [0.25, 0.3) is 16.8 Å². The summed E-state index contributed by atoms with van der Waals surface area (Å²) in [4.78, 5) is 14.5. The molecule has 0 bridgehead atoms. The van der Waals surface area contributed by atoms with Gasteiger partial charge in [-0.3, -0.25) is 9.78 Å². The van der Waals surface area contributed by atoms with Gasteiger partial charge in [-0.1, -0.05) is 36.4 Å². The van der Waals surface area contributed by atoms with E-state index in [9.17, 15) is 4.79 Å². The largest absolute Gasteiger partial charge is 0.481 e. The maximum atomic E-state index is 10.4. The van der Waals surface area contributed by atoms with Crippen LogP contribution >= 0.6 is 0 Å². The van der Waals surface area contributed by atoms with Crippen molar-refractivity contribution < 1.29 is 9.90 Å². The Bertz CT molecular complexity index is 541. The fourth-order valence-electron chi connectivity index (χ4n) is 1.56. The van der Waals surface area contributed by atoms with Crippen LogP contribution in [0.2, 0.25) is 0 Å². The first-order chi connectivity index (χ1) is 7.77. The lowest BCUT2D eigenvalue weighted by atomic mass is 10.1. The predicted molar refractivity (Wildman–Crippen MR) is 63.0 cm³/mol. The van der Waals surface area contributed by atoms with E-state index in [0.717, 1.165) is 16.3 Å². The molecule has 0 atom stereocenters. The van der Waals surface area contributed by atoms with Gasteiger partial charge in [0.05, 0.1) is 6.42 Å². The number of pyridine rings is 1. The van der Waals surface area contributed by atoms with Crippen molar-refractivity contribution in [2.24, 2.45) is 0 Å². The van der Waals surface area contributed by atoms with E-state index in [1.165, 1.54) is 0 Å². The molecule has 0 aliphatic carbocycles. The van der Waals surface area contributed by atoms with Crippen molar-refractivity contribution in [2.45, 2.75) is 6.42 Å². The molecule has 1 aromatic carbocycles. The molecule has 16 heavy (non-hydrogen) atoms. The molecular weight excluding hydrogens is 202 g/mol. The maximum Gasteiger partial charge on any atom is 0.307 e. The first-order valence-electron chi connectivity index (χ1n) is 4.98. The lowest BCUT2D eigenvalue weighted by Gasteiger charge is -2.00. The maximum absolute atomic E-state index is 10.4. The van der Waals surface area contributed by atoms with Crippen molar-refractivity contribution in [1.82, 2.24) is 4.98 Å². The number of carboxylic acid groups (broad SMARTS) is 1. The smallest absolute Gasteiger partial charge is 0.307 e. The van der Waals surface area contributed by atoms with Gasteiger partial charge in [0.15, 0.2) is 0 Å². The standard InChI is InChI=1S/C13H11NO2/c15-13(16)7-3-5-11-9-14-8-10-4-1-2-6-12(10)11/h1-6,8-9H,7H2,(H,15,16). The van der Waals surface area contributed by atoms with E-state index in [4.69, 9.17) is 5.11 Å². The number of aliphatic carboxylic acids is 1. The molecule has 1 aromatic heterocycles. The third-order valence-electron chi connectivity index (χ3n) is 2.29. The minimum atomic E-state index is -0.829. The lowest BCUT2D eigenvalue weighted by molar-refractivity contribution is -0.135. The second-order valence-electron chi connectivity index (χ2n) is 3.45. The summed E-state index contributed by atoms with van der Waals surface area (Å²) in [5.74, 6) is -0.829. The lowest BCUT2D eigenvalue weighted by Crippen LogP contribution is -1.89. The van der Waals surface area contributed by atoms with Crippen molar-refractivity contribution in [3.63, 3.8) is 0 Å². The molecule has 0 saturated carbocycles. The Hall–Kier alpha value is -2.16. The normalized spacial score (nSPS) is 11.0. The van der Waals surface area contributed by atoms with Crippen LogP contribution in [0.15, 0.2) is 42.7 Å². The Morgan fingerprint density at radius 1 is 1.31 bits per heavy atom. The van der Waals surface area contributed by atoms with Crippen LogP contribution in [0, 0.1) is 0 Å². The second kappa shape index (κ2) is 4.57. The summed E-state index contributed by atoms with van der Waals surface area (Å²) < 4.78 is 0. The molecule has 0 unspecified atom stereocenters. The summed E-state index contributed by atoms with van der Waals surface area (Å²) >= 11 is 0. The monoisotopic (exact) mass is 213 g/mol. The van der Waals surface area contributed by atoms with E-state index < -0.39 is 5.97 Å². The zero-order chi connectivity index (χ0) is 11.4. The topological polar surface area (TPSA) is 50.2 Å². The van der Waals surface area contributed by atoms with Crippen LogP contribution in [0.4, 0.5) is 0 Å². The number of carbonyl (C=O) groups is 1. The van der Waals surface area contributed by atoms with E-state index >= 15 is 0 Å². The molecule has 3 heteroatoms. The average molecular weight is 213 g/mol. The van der Waals surface area contributed by atoms with Gasteiger partial charge in [-0.25, -0.2) is 0 Å². The Morgan fingerprint density at radius 2 is 2.12 bits per heavy atom. The quantitative estimate of drug-likeness (QED) is 0.852. The number of rotatable bonds is 3. The molecule has 1 N–H and O–H groups in total. The van der Waals surface area contributed by atoms with Crippen LogP contribution < -0.4 is 0 Å². The zero-order valence-electron chi connectivity index (χ0n) is 8.63. The van der Waals surface area contributed by atoms with Gasteiger partial charge < -0.3 is 5.11 Å². The third-order valence-corrected chi connectivity index (χ3v) is 2.29. The Kier molecular flexibility index (Phi) is 2.96. The molecule has 0 fully saturated rings. The van der Waals surface area contributed by atoms with E-state index in [0.29, 0.717) is 0 Å². The van der Waals surface area contributed by atoms with Gasteiger partial charge in [0.1, 0.15) is 0 Å². The minimum absolute atomic E-state index is 0.0310. The van der Waals surface area contributed by atoms with Gasteiger partial charge in [-0.15, -0.1) is 0 Å². The molecule has 0 spiro atoms. The molecule has 0 aliphatic heterocycles. The highest BCUT2D eigenvalue weighted by molar-refractivity contribution is 5.89. The third kappa shape index (κ3) is 2.25. The molecule has 1 heterocycles. The number of aromatic nitrogens is 1. The highest BCUT2D eigenvalue weighted by atomic mass is 16.4. The van der Waals surface area contributed by atoms with Gasteiger partial charge in [0, 0.05) is 23.3 Å². The number of benzene rings is 1. The number of nitrogens with zero attached hydrogens (tertiary/aromatic N) is 1. The van der Waals surface area contributed by atoms with E-state index in [1.54, 1.807) is 24.5 Å². The van der Waals surface area contributed by atoms with Gasteiger partial charge in [0.2, 0.25) is 0 Å². The molecule has 0 radical (unpaired) electrons. The van der Waals surface area contributed by atoms with E-state index in [-0.39, 0.29) is 6.42 Å². The van der Waals surface area contributed by atoms with Gasteiger partial charge in [-0.2, -0.15) is 0 Å². The number of fused-ring (bicyclic) bond motifs is 1. The predicted octanol–water partition coefficient (Wildman–Crippen LogP) is 2.72. The summed E-state index contributed by atoms with van der Waals surface area (Å²) in [6.07, 6.45) is 6.99. The zero-order valence-corrected chi connectivity index (χ0v) is 8.63. The molecule has 2 aromatic rings.